The van der Waals surface area contributed by atoms with E-state index in [1.165, 1.54) is 0 Å². The smallest absolute Gasteiger partial charge is 0.251 e. The highest BCUT2D eigenvalue weighted by Gasteiger charge is 2.22. The van der Waals surface area contributed by atoms with E-state index in [2.05, 4.69) is 20.6 Å². The minimum atomic E-state index is -0.508. The SMILES string of the molecule is CC(C)(C)C(=O)Nc1nc2ccc(-c3cccc(C(=O)NCc4ccccc4)c3)cc2[nH]1. The molecular weight excluding hydrogens is 400 g/mol. The van der Waals surface area contributed by atoms with Crippen molar-refractivity contribution < 1.29 is 9.59 Å². The van der Waals surface area contributed by atoms with Crippen LogP contribution in [0.15, 0.2) is 72.8 Å². The molecule has 0 radical (unpaired) electrons. The van der Waals surface area contributed by atoms with Gasteiger partial charge in [0.25, 0.3) is 5.91 Å². The highest BCUT2D eigenvalue weighted by molar-refractivity contribution is 5.96. The first-order valence-electron chi connectivity index (χ1n) is 10.5. The second-order valence-electron chi connectivity index (χ2n) is 8.77. The molecule has 2 amide bonds. The van der Waals surface area contributed by atoms with Crippen molar-refractivity contribution in [2.24, 2.45) is 5.41 Å². The number of imidazole rings is 1. The summed E-state index contributed by atoms with van der Waals surface area (Å²) in [7, 11) is 0. The van der Waals surface area contributed by atoms with Gasteiger partial charge in [-0.1, -0.05) is 69.3 Å². The molecule has 0 spiro atoms. The lowest BCUT2D eigenvalue weighted by Crippen LogP contribution is -2.28. The number of benzene rings is 3. The molecule has 4 rings (SSSR count). The lowest BCUT2D eigenvalue weighted by molar-refractivity contribution is -0.123. The molecule has 0 bridgehead atoms. The van der Waals surface area contributed by atoms with Crippen molar-refractivity contribution in [2.45, 2.75) is 27.3 Å². The molecule has 6 heteroatoms. The van der Waals surface area contributed by atoms with Crippen LogP contribution in [0.2, 0.25) is 0 Å². The van der Waals surface area contributed by atoms with Crippen LogP contribution >= 0.6 is 0 Å². The molecule has 3 aromatic carbocycles. The van der Waals surface area contributed by atoms with Crippen LogP contribution < -0.4 is 10.6 Å². The fourth-order valence-corrected chi connectivity index (χ4v) is 3.26. The Labute approximate surface area is 187 Å². The Morgan fingerprint density at radius 2 is 1.66 bits per heavy atom. The largest absolute Gasteiger partial charge is 0.348 e. The van der Waals surface area contributed by atoms with Crippen molar-refractivity contribution in [1.82, 2.24) is 15.3 Å². The molecule has 0 saturated heterocycles. The highest BCUT2D eigenvalue weighted by Crippen LogP contribution is 2.26. The van der Waals surface area contributed by atoms with E-state index in [0.29, 0.717) is 18.1 Å². The van der Waals surface area contributed by atoms with Crippen LogP contribution in [0.5, 0.6) is 0 Å². The van der Waals surface area contributed by atoms with Gasteiger partial charge in [-0.25, -0.2) is 4.98 Å². The van der Waals surface area contributed by atoms with E-state index in [9.17, 15) is 9.59 Å². The maximum atomic E-state index is 12.6. The molecular formula is C26H26N4O2. The number of aromatic nitrogens is 2. The Bertz CT molecular complexity index is 1270. The number of carbonyl (C=O) groups excluding carboxylic acids is 2. The molecule has 0 aliphatic heterocycles. The van der Waals surface area contributed by atoms with Crippen LogP contribution in [0.25, 0.3) is 22.2 Å². The van der Waals surface area contributed by atoms with E-state index >= 15 is 0 Å². The number of amides is 2. The van der Waals surface area contributed by atoms with E-state index in [1.54, 1.807) is 6.07 Å². The van der Waals surface area contributed by atoms with E-state index < -0.39 is 5.41 Å². The summed E-state index contributed by atoms with van der Waals surface area (Å²) in [5.74, 6) is 0.197. The zero-order valence-corrected chi connectivity index (χ0v) is 18.4. The molecule has 0 aliphatic carbocycles. The van der Waals surface area contributed by atoms with Gasteiger partial charge in [0, 0.05) is 17.5 Å². The molecule has 0 unspecified atom stereocenters. The molecule has 1 heterocycles. The number of fused-ring (bicyclic) bond motifs is 1. The van der Waals surface area contributed by atoms with Crippen molar-refractivity contribution >= 4 is 28.8 Å². The second kappa shape index (κ2) is 8.67. The van der Waals surface area contributed by atoms with Crippen LogP contribution in [0, 0.1) is 5.41 Å². The van der Waals surface area contributed by atoms with Crippen molar-refractivity contribution in [3.05, 3.63) is 83.9 Å². The van der Waals surface area contributed by atoms with E-state index in [0.717, 1.165) is 27.7 Å². The van der Waals surface area contributed by atoms with Gasteiger partial charge in [-0.05, 0) is 41.0 Å². The summed E-state index contributed by atoms with van der Waals surface area (Å²) in [6.07, 6.45) is 0. The quantitative estimate of drug-likeness (QED) is 0.413. The Morgan fingerprint density at radius 3 is 2.41 bits per heavy atom. The molecule has 0 aliphatic rings. The van der Waals surface area contributed by atoms with Crippen molar-refractivity contribution in [2.75, 3.05) is 5.32 Å². The summed E-state index contributed by atoms with van der Waals surface area (Å²) in [5, 5.41) is 5.79. The summed E-state index contributed by atoms with van der Waals surface area (Å²) in [6, 6.07) is 23.2. The number of carbonyl (C=O) groups is 2. The molecule has 4 aromatic rings. The van der Waals surface area contributed by atoms with Crippen LogP contribution in [-0.4, -0.2) is 21.8 Å². The van der Waals surface area contributed by atoms with Crippen molar-refractivity contribution in [1.29, 1.82) is 0 Å². The van der Waals surface area contributed by atoms with Gasteiger partial charge in [-0.15, -0.1) is 0 Å². The van der Waals surface area contributed by atoms with Gasteiger partial charge >= 0.3 is 0 Å². The number of H-pyrrole nitrogens is 1. The minimum Gasteiger partial charge on any atom is -0.348 e. The lowest BCUT2D eigenvalue weighted by atomic mass is 9.96. The molecule has 32 heavy (non-hydrogen) atoms. The van der Waals surface area contributed by atoms with Crippen LogP contribution in [0.1, 0.15) is 36.7 Å². The molecule has 3 N–H and O–H groups in total. The number of hydrogen-bond donors (Lipinski definition) is 3. The number of anilines is 1. The maximum Gasteiger partial charge on any atom is 0.251 e. The van der Waals surface area contributed by atoms with Gasteiger partial charge < -0.3 is 10.3 Å². The fourth-order valence-electron chi connectivity index (χ4n) is 3.26. The third-order valence-corrected chi connectivity index (χ3v) is 5.15. The molecule has 162 valence electrons. The van der Waals surface area contributed by atoms with E-state index in [1.807, 2.05) is 87.5 Å². The maximum absolute atomic E-state index is 12.6. The average Bonchev–Trinajstić information content (AvgIpc) is 3.19. The first kappa shape index (κ1) is 21.3. The minimum absolute atomic E-state index is 0.106. The molecule has 1 aromatic heterocycles. The number of rotatable bonds is 5. The molecule has 0 saturated carbocycles. The normalized spacial score (nSPS) is 11.3. The van der Waals surface area contributed by atoms with Gasteiger partial charge in [0.1, 0.15) is 0 Å². The summed E-state index contributed by atoms with van der Waals surface area (Å²) >= 11 is 0. The molecule has 0 fully saturated rings. The predicted molar refractivity (Wildman–Crippen MR) is 127 cm³/mol. The number of nitrogens with zero attached hydrogens (tertiary/aromatic N) is 1. The third-order valence-electron chi connectivity index (χ3n) is 5.15. The Morgan fingerprint density at radius 1 is 0.906 bits per heavy atom. The zero-order chi connectivity index (χ0) is 22.7. The second-order valence-corrected chi connectivity index (χ2v) is 8.77. The van der Waals surface area contributed by atoms with Crippen LogP contribution in [0.4, 0.5) is 5.95 Å². The van der Waals surface area contributed by atoms with Gasteiger partial charge in [0.05, 0.1) is 11.0 Å². The number of aromatic amines is 1. The van der Waals surface area contributed by atoms with Crippen LogP contribution in [0.3, 0.4) is 0 Å². The van der Waals surface area contributed by atoms with Gasteiger partial charge in [0.15, 0.2) is 0 Å². The number of hydrogen-bond acceptors (Lipinski definition) is 3. The zero-order valence-electron chi connectivity index (χ0n) is 18.4. The van der Waals surface area contributed by atoms with Gasteiger partial charge in [0.2, 0.25) is 11.9 Å². The monoisotopic (exact) mass is 426 g/mol. The van der Waals surface area contributed by atoms with Crippen molar-refractivity contribution in [3.63, 3.8) is 0 Å². The van der Waals surface area contributed by atoms with Crippen LogP contribution in [-0.2, 0) is 11.3 Å². The van der Waals surface area contributed by atoms with Crippen molar-refractivity contribution in [3.8, 4) is 11.1 Å². The fraction of sp³-hybridized carbons (Fsp3) is 0.192. The summed E-state index contributed by atoms with van der Waals surface area (Å²) in [6.45, 7) is 6.04. The average molecular weight is 427 g/mol. The third kappa shape index (κ3) is 4.86. The van der Waals surface area contributed by atoms with Gasteiger partial charge in [-0.3, -0.25) is 14.9 Å². The summed E-state index contributed by atoms with van der Waals surface area (Å²) in [4.78, 5) is 32.5. The summed E-state index contributed by atoms with van der Waals surface area (Å²) < 4.78 is 0. The first-order chi connectivity index (χ1) is 15.3. The Hall–Kier alpha value is -3.93. The van der Waals surface area contributed by atoms with E-state index in [-0.39, 0.29) is 11.8 Å². The molecule has 6 nitrogen and oxygen atoms in total. The highest BCUT2D eigenvalue weighted by atomic mass is 16.2. The first-order valence-corrected chi connectivity index (χ1v) is 10.5. The Kier molecular flexibility index (Phi) is 5.77. The van der Waals surface area contributed by atoms with Gasteiger partial charge in [-0.2, -0.15) is 0 Å². The number of nitrogens with one attached hydrogen (secondary N) is 3. The standard InChI is InChI=1S/C26H26N4O2/c1-26(2,3)24(32)30-25-28-21-13-12-19(15-22(21)29-25)18-10-7-11-20(14-18)23(31)27-16-17-8-5-4-6-9-17/h4-15H,16H2,1-3H3,(H,27,31)(H2,28,29,30,32). The topological polar surface area (TPSA) is 86.9 Å². The Balaban J connectivity index is 1.52. The summed E-state index contributed by atoms with van der Waals surface area (Å²) in [5.41, 5.74) is 4.59. The lowest BCUT2D eigenvalue weighted by Gasteiger charge is -2.15. The van der Waals surface area contributed by atoms with E-state index in [4.69, 9.17) is 0 Å². The molecule has 0 atom stereocenters. The predicted octanol–water partition coefficient (Wildman–Crippen LogP) is 5.14.